The highest BCUT2D eigenvalue weighted by atomic mass is 16.2. The molecule has 0 spiro atoms. The van der Waals surface area contributed by atoms with Gasteiger partial charge in [-0.3, -0.25) is 9.59 Å². The normalized spacial score (nSPS) is 23.7. The van der Waals surface area contributed by atoms with Crippen LogP contribution >= 0.6 is 0 Å². The quantitative estimate of drug-likeness (QED) is 0.662. The summed E-state index contributed by atoms with van der Waals surface area (Å²) >= 11 is 0. The first kappa shape index (κ1) is 11.0. The van der Waals surface area contributed by atoms with Gasteiger partial charge in [0.1, 0.15) is 6.04 Å². The molecular weight excluding hydrogens is 180 g/mol. The van der Waals surface area contributed by atoms with Crippen LogP contribution < -0.4 is 5.32 Å². The Hall–Kier alpha value is -1.06. The molecule has 2 amide bonds. The largest absolute Gasteiger partial charge is 0.342 e. The van der Waals surface area contributed by atoms with Crippen LogP contribution in [0.3, 0.4) is 0 Å². The van der Waals surface area contributed by atoms with Gasteiger partial charge in [-0.25, -0.2) is 0 Å². The van der Waals surface area contributed by atoms with Crippen LogP contribution in [-0.4, -0.2) is 35.8 Å². The van der Waals surface area contributed by atoms with E-state index in [4.69, 9.17) is 0 Å². The average molecular weight is 198 g/mol. The van der Waals surface area contributed by atoms with Gasteiger partial charge in [0.05, 0.1) is 6.54 Å². The Bertz CT molecular complexity index is 255. The lowest BCUT2D eigenvalue weighted by Gasteiger charge is -2.38. The number of nitrogens with zero attached hydrogens (tertiary/aromatic N) is 1. The van der Waals surface area contributed by atoms with Crippen LogP contribution in [0.4, 0.5) is 0 Å². The molecule has 1 fully saturated rings. The fraction of sp³-hybridized carbons (Fsp3) is 0.800. The zero-order chi connectivity index (χ0) is 10.9. The van der Waals surface area contributed by atoms with E-state index in [1.165, 1.54) is 0 Å². The first-order valence-corrected chi connectivity index (χ1v) is 4.94. The predicted octanol–water partition coefficient (Wildman–Crippen LogP) is 0.379. The summed E-state index contributed by atoms with van der Waals surface area (Å²) in [6, 6.07) is -0.385. The number of carbonyl (C=O) groups is 2. The van der Waals surface area contributed by atoms with E-state index in [1.807, 2.05) is 27.7 Å². The van der Waals surface area contributed by atoms with E-state index < -0.39 is 0 Å². The van der Waals surface area contributed by atoms with Crippen LogP contribution in [0.2, 0.25) is 0 Å². The molecule has 0 radical (unpaired) electrons. The Labute approximate surface area is 84.7 Å². The summed E-state index contributed by atoms with van der Waals surface area (Å²) in [5.74, 6) is -0.0361. The van der Waals surface area contributed by atoms with Gasteiger partial charge in [-0.05, 0) is 12.3 Å². The molecule has 1 unspecified atom stereocenters. The van der Waals surface area contributed by atoms with E-state index in [1.54, 1.807) is 4.90 Å². The lowest BCUT2D eigenvalue weighted by atomic mass is 9.85. The van der Waals surface area contributed by atoms with Gasteiger partial charge in [-0.1, -0.05) is 20.8 Å². The van der Waals surface area contributed by atoms with Crippen molar-refractivity contribution in [2.45, 2.75) is 33.7 Å². The van der Waals surface area contributed by atoms with Crippen LogP contribution in [0.15, 0.2) is 0 Å². The molecule has 0 aliphatic carbocycles. The van der Waals surface area contributed by atoms with Crippen LogP contribution in [0.5, 0.6) is 0 Å². The minimum atomic E-state index is -0.385. The molecule has 1 atom stereocenters. The van der Waals surface area contributed by atoms with Crippen molar-refractivity contribution in [2.75, 3.05) is 13.1 Å². The van der Waals surface area contributed by atoms with Gasteiger partial charge < -0.3 is 10.2 Å². The second-order valence-electron chi connectivity index (χ2n) is 4.72. The van der Waals surface area contributed by atoms with Crippen molar-refractivity contribution in [2.24, 2.45) is 5.41 Å². The molecule has 1 saturated heterocycles. The Morgan fingerprint density at radius 1 is 1.43 bits per heavy atom. The molecule has 0 bridgehead atoms. The van der Waals surface area contributed by atoms with Gasteiger partial charge in [0.2, 0.25) is 11.8 Å². The lowest BCUT2D eigenvalue weighted by molar-refractivity contribution is -0.147. The van der Waals surface area contributed by atoms with E-state index in [-0.39, 0.29) is 29.8 Å². The monoisotopic (exact) mass is 198 g/mol. The Kier molecular flexibility index (Phi) is 2.83. The second-order valence-corrected chi connectivity index (χ2v) is 4.72. The Morgan fingerprint density at radius 2 is 2.00 bits per heavy atom. The maximum atomic E-state index is 11.9. The van der Waals surface area contributed by atoms with Crippen LogP contribution in [0.25, 0.3) is 0 Å². The standard InChI is InChI=1S/C10H18N2O2/c1-5-12-6-7(13)11-8(9(12)14)10(2,3)4/h8H,5-6H2,1-4H3,(H,11,13). The van der Waals surface area contributed by atoms with Crippen molar-refractivity contribution in [3.8, 4) is 0 Å². The maximum Gasteiger partial charge on any atom is 0.246 e. The van der Waals surface area contributed by atoms with Crippen molar-refractivity contribution in [3.05, 3.63) is 0 Å². The lowest BCUT2D eigenvalue weighted by Crippen LogP contribution is -2.62. The van der Waals surface area contributed by atoms with E-state index in [0.717, 1.165) is 0 Å². The molecule has 0 saturated carbocycles. The summed E-state index contributed by atoms with van der Waals surface area (Å²) in [5, 5.41) is 2.74. The zero-order valence-electron chi connectivity index (χ0n) is 9.26. The highest BCUT2D eigenvalue weighted by Crippen LogP contribution is 2.22. The Balaban J connectivity index is 2.86. The number of carbonyl (C=O) groups excluding carboxylic acids is 2. The fourth-order valence-electron chi connectivity index (χ4n) is 1.56. The maximum absolute atomic E-state index is 11.9. The minimum Gasteiger partial charge on any atom is -0.342 e. The predicted molar refractivity (Wildman–Crippen MR) is 53.6 cm³/mol. The third-order valence-electron chi connectivity index (χ3n) is 2.45. The van der Waals surface area contributed by atoms with Crippen molar-refractivity contribution < 1.29 is 9.59 Å². The van der Waals surface area contributed by atoms with Gasteiger partial charge in [-0.2, -0.15) is 0 Å². The minimum absolute atomic E-state index is 0.0274. The molecule has 1 rings (SSSR count). The molecule has 1 N–H and O–H groups in total. The van der Waals surface area contributed by atoms with Crippen LogP contribution in [-0.2, 0) is 9.59 Å². The molecule has 1 aliphatic rings. The highest BCUT2D eigenvalue weighted by Gasteiger charge is 2.39. The molecule has 0 aromatic rings. The third-order valence-corrected chi connectivity index (χ3v) is 2.45. The first-order chi connectivity index (χ1) is 6.36. The SMILES string of the molecule is CCN1CC(=O)NC(C(C)(C)C)C1=O. The molecule has 4 heteroatoms. The zero-order valence-corrected chi connectivity index (χ0v) is 9.26. The van der Waals surface area contributed by atoms with Crippen molar-refractivity contribution in [1.29, 1.82) is 0 Å². The number of hydrogen-bond acceptors (Lipinski definition) is 2. The summed E-state index contributed by atoms with van der Waals surface area (Å²) in [4.78, 5) is 24.8. The molecule has 14 heavy (non-hydrogen) atoms. The van der Waals surface area contributed by atoms with Crippen LogP contribution in [0.1, 0.15) is 27.7 Å². The highest BCUT2D eigenvalue weighted by molar-refractivity contribution is 5.95. The molecule has 1 heterocycles. The summed E-state index contributed by atoms with van der Waals surface area (Å²) in [6.45, 7) is 8.54. The van der Waals surface area contributed by atoms with E-state index in [0.29, 0.717) is 6.54 Å². The van der Waals surface area contributed by atoms with Crippen molar-refractivity contribution >= 4 is 11.8 Å². The number of hydrogen-bond donors (Lipinski definition) is 1. The number of likely N-dealkylation sites (N-methyl/N-ethyl adjacent to an activating group) is 1. The second kappa shape index (κ2) is 3.59. The number of rotatable bonds is 1. The van der Waals surface area contributed by atoms with E-state index in [2.05, 4.69) is 5.32 Å². The number of piperazine rings is 1. The van der Waals surface area contributed by atoms with Gasteiger partial charge >= 0.3 is 0 Å². The molecule has 4 nitrogen and oxygen atoms in total. The number of amides is 2. The number of nitrogens with one attached hydrogen (secondary N) is 1. The van der Waals surface area contributed by atoms with E-state index in [9.17, 15) is 9.59 Å². The molecule has 80 valence electrons. The smallest absolute Gasteiger partial charge is 0.246 e. The first-order valence-electron chi connectivity index (χ1n) is 4.94. The summed E-state index contributed by atoms with van der Waals surface area (Å²) in [5.41, 5.74) is -0.222. The molecule has 0 aromatic carbocycles. The fourth-order valence-corrected chi connectivity index (χ4v) is 1.56. The topological polar surface area (TPSA) is 49.4 Å². The van der Waals surface area contributed by atoms with Gasteiger partial charge in [0.25, 0.3) is 0 Å². The van der Waals surface area contributed by atoms with Gasteiger partial charge in [0, 0.05) is 6.54 Å². The van der Waals surface area contributed by atoms with Gasteiger partial charge in [0.15, 0.2) is 0 Å². The van der Waals surface area contributed by atoms with Gasteiger partial charge in [-0.15, -0.1) is 0 Å². The molecular formula is C10H18N2O2. The van der Waals surface area contributed by atoms with Crippen LogP contribution in [0, 0.1) is 5.41 Å². The molecule has 1 aliphatic heterocycles. The van der Waals surface area contributed by atoms with Crippen molar-refractivity contribution in [1.82, 2.24) is 10.2 Å². The molecule has 0 aromatic heterocycles. The summed E-state index contributed by atoms with van der Waals surface area (Å²) in [7, 11) is 0. The third kappa shape index (κ3) is 2.05. The summed E-state index contributed by atoms with van der Waals surface area (Å²) in [6.07, 6.45) is 0. The van der Waals surface area contributed by atoms with Crippen molar-refractivity contribution in [3.63, 3.8) is 0 Å². The average Bonchev–Trinajstić information content (AvgIpc) is 2.06. The van der Waals surface area contributed by atoms with E-state index >= 15 is 0 Å². The Morgan fingerprint density at radius 3 is 2.43 bits per heavy atom. The summed E-state index contributed by atoms with van der Waals surface area (Å²) < 4.78 is 0.